The van der Waals surface area contributed by atoms with E-state index in [1.165, 1.54) is 6.92 Å². The summed E-state index contributed by atoms with van der Waals surface area (Å²) in [5, 5.41) is 11.8. The molecular weight excluding hydrogens is 216 g/mol. The number of carbonyl (C=O) groups is 1. The highest BCUT2D eigenvalue weighted by molar-refractivity contribution is 5.74. The van der Waals surface area contributed by atoms with Gasteiger partial charge in [-0.15, -0.1) is 0 Å². The van der Waals surface area contributed by atoms with Crippen molar-refractivity contribution in [1.29, 1.82) is 5.26 Å². The Balaban J connectivity index is 2.80. The Morgan fingerprint density at radius 1 is 1.47 bits per heavy atom. The van der Waals surface area contributed by atoms with Crippen LogP contribution in [-0.4, -0.2) is 18.6 Å². The van der Waals surface area contributed by atoms with Crippen LogP contribution in [0.3, 0.4) is 0 Å². The van der Waals surface area contributed by atoms with E-state index >= 15 is 0 Å². The summed E-state index contributed by atoms with van der Waals surface area (Å²) in [4.78, 5) is 11.0. The van der Waals surface area contributed by atoms with Crippen LogP contribution in [0.5, 0.6) is 5.75 Å². The molecule has 0 saturated heterocycles. The topological polar surface area (TPSA) is 62.1 Å². The van der Waals surface area contributed by atoms with Gasteiger partial charge in [0.15, 0.2) is 0 Å². The van der Waals surface area contributed by atoms with Crippen LogP contribution in [0.15, 0.2) is 24.3 Å². The number of hydrogen-bond acceptors (Lipinski definition) is 3. The lowest BCUT2D eigenvalue weighted by Gasteiger charge is -2.22. The Kier molecular flexibility index (Phi) is 4.11. The molecule has 17 heavy (non-hydrogen) atoms. The van der Waals surface area contributed by atoms with Gasteiger partial charge < -0.3 is 10.1 Å². The smallest absolute Gasteiger partial charge is 0.218 e. The third-order valence-corrected chi connectivity index (χ3v) is 2.42. The highest BCUT2D eigenvalue weighted by Crippen LogP contribution is 2.16. The fourth-order valence-corrected chi connectivity index (χ4v) is 1.65. The van der Waals surface area contributed by atoms with E-state index in [4.69, 9.17) is 10.00 Å². The van der Waals surface area contributed by atoms with Gasteiger partial charge in [-0.3, -0.25) is 4.79 Å². The van der Waals surface area contributed by atoms with Gasteiger partial charge in [-0.1, -0.05) is 12.1 Å². The van der Waals surface area contributed by atoms with E-state index in [1.807, 2.05) is 24.3 Å². The lowest BCUT2D eigenvalue weighted by Crippen LogP contribution is -2.45. The lowest BCUT2D eigenvalue weighted by molar-refractivity contribution is -0.120. The van der Waals surface area contributed by atoms with E-state index < -0.39 is 5.54 Å². The zero-order valence-electron chi connectivity index (χ0n) is 10.3. The van der Waals surface area contributed by atoms with Gasteiger partial charge in [0.25, 0.3) is 0 Å². The monoisotopic (exact) mass is 232 g/mol. The molecule has 0 heterocycles. The number of hydrogen-bond donors (Lipinski definition) is 1. The third kappa shape index (κ3) is 3.80. The number of nitriles is 1. The molecule has 0 aromatic heterocycles. The zero-order chi connectivity index (χ0) is 12.9. The standard InChI is InChI=1S/C13H16N2O2/c1-10(16)15-13(2,9-14)8-11-4-6-12(17-3)7-5-11/h4-7H,8H2,1-3H3,(H,15,16). The molecule has 0 aliphatic heterocycles. The van der Waals surface area contributed by atoms with Crippen LogP contribution in [0.2, 0.25) is 0 Å². The van der Waals surface area contributed by atoms with Gasteiger partial charge in [-0.2, -0.15) is 5.26 Å². The molecule has 1 amide bonds. The minimum atomic E-state index is -0.875. The first-order chi connectivity index (χ1) is 7.99. The Hall–Kier alpha value is -2.02. The molecule has 0 aliphatic rings. The van der Waals surface area contributed by atoms with E-state index in [0.717, 1.165) is 11.3 Å². The van der Waals surface area contributed by atoms with E-state index in [2.05, 4.69) is 11.4 Å². The number of benzene rings is 1. The maximum atomic E-state index is 11.0. The molecule has 0 fully saturated rings. The summed E-state index contributed by atoms with van der Waals surface area (Å²) in [6.45, 7) is 3.11. The van der Waals surface area contributed by atoms with Gasteiger partial charge in [0, 0.05) is 13.3 Å². The van der Waals surface area contributed by atoms with Gasteiger partial charge in [0.05, 0.1) is 13.2 Å². The van der Waals surface area contributed by atoms with Crippen LogP contribution < -0.4 is 10.1 Å². The number of rotatable bonds is 4. The summed E-state index contributed by atoms with van der Waals surface area (Å²) >= 11 is 0. The second-order valence-electron chi connectivity index (χ2n) is 4.15. The summed E-state index contributed by atoms with van der Waals surface area (Å²) in [6.07, 6.45) is 0.465. The average Bonchev–Trinajstić information content (AvgIpc) is 2.29. The first-order valence-corrected chi connectivity index (χ1v) is 5.32. The predicted molar refractivity (Wildman–Crippen MR) is 64.5 cm³/mol. The Morgan fingerprint density at radius 2 is 2.06 bits per heavy atom. The minimum Gasteiger partial charge on any atom is -0.497 e. The van der Waals surface area contributed by atoms with Crippen LogP contribution in [-0.2, 0) is 11.2 Å². The number of amides is 1. The number of methoxy groups -OCH3 is 1. The number of nitrogens with zero attached hydrogens (tertiary/aromatic N) is 1. The average molecular weight is 232 g/mol. The van der Waals surface area contributed by atoms with Crippen molar-refractivity contribution in [3.05, 3.63) is 29.8 Å². The van der Waals surface area contributed by atoms with Crippen LogP contribution in [0.25, 0.3) is 0 Å². The molecule has 1 N–H and O–H groups in total. The second-order valence-corrected chi connectivity index (χ2v) is 4.15. The fourth-order valence-electron chi connectivity index (χ4n) is 1.65. The molecule has 0 aliphatic carbocycles. The van der Waals surface area contributed by atoms with Gasteiger partial charge in [0.1, 0.15) is 11.3 Å². The summed E-state index contributed by atoms with van der Waals surface area (Å²) < 4.78 is 5.06. The van der Waals surface area contributed by atoms with Crippen LogP contribution in [0.4, 0.5) is 0 Å². The largest absolute Gasteiger partial charge is 0.497 e. The Morgan fingerprint density at radius 3 is 2.47 bits per heavy atom. The van der Waals surface area contributed by atoms with Crippen molar-refractivity contribution in [2.45, 2.75) is 25.8 Å². The van der Waals surface area contributed by atoms with E-state index in [0.29, 0.717) is 6.42 Å². The van der Waals surface area contributed by atoms with Crippen molar-refractivity contribution in [3.8, 4) is 11.8 Å². The van der Waals surface area contributed by atoms with Gasteiger partial charge in [0.2, 0.25) is 5.91 Å². The predicted octanol–water partition coefficient (Wildman–Crippen LogP) is 1.66. The number of ether oxygens (including phenoxy) is 1. The van der Waals surface area contributed by atoms with Crippen molar-refractivity contribution in [3.63, 3.8) is 0 Å². The highest BCUT2D eigenvalue weighted by atomic mass is 16.5. The molecule has 0 spiro atoms. The minimum absolute atomic E-state index is 0.206. The van der Waals surface area contributed by atoms with Crippen molar-refractivity contribution < 1.29 is 9.53 Å². The molecule has 0 saturated carbocycles. The van der Waals surface area contributed by atoms with Gasteiger partial charge >= 0.3 is 0 Å². The zero-order valence-corrected chi connectivity index (χ0v) is 10.3. The number of nitrogens with one attached hydrogen (secondary N) is 1. The summed E-state index contributed by atoms with van der Waals surface area (Å²) in [6, 6.07) is 9.56. The van der Waals surface area contributed by atoms with Crippen LogP contribution in [0.1, 0.15) is 19.4 Å². The molecule has 1 atom stereocenters. The van der Waals surface area contributed by atoms with Crippen molar-refractivity contribution in [2.75, 3.05) is 7.11 Å². The molecule has 4 nitrogen and oxygen atoms in total. The molecule has 0 bridgehead atoms. The fraction of sp³-hybridized carbons (Fsp3) is 0.385. The summed E-state index contributed by atoms with van der Waals surface area (Å²) in [5.41, 5.74) is 0.101. The first kappa shape index (κ1) is 13.0. The molecule has 4 heteroatoms. The Labute approximate surface area is 101 Å². The first-order valence-electron chi connectivity index (χ1n) is 5.32. The lowest BCUT2D eigenvalue weighted by atomic mass is 9.94. The van der Waals surface area contributed by atoms with Gasteiger partial charge in [-0.25, -0.2) is 0 Å². The van der Waals surface area contributed by atoms with E-state index in [-0.39, 0.29) is 5.91 Å². The number of carbonyl (C=O) groups excluding carboxylic acids is 1. The van der Waals surface area contributed by atoms with E-state index in [1.54, 1.807) is 14.0 Å². The molecule has 90 valence electrons. The molecule has 1 aromatic carbocycles. The molecule has 1 aromatic rings. The van der Waals surface area contributed by atoms with Crippen LogP contribution in [0, 0.1) is 11.3 Å². The summed E-state index contributed by atoms with van der Waals surface area (Å²) in [5.74, 6) is 0.564. The maximum absolute atomic E-state index is 11.0. The molecule has 0 radical (unpaired) electrons. The molecular formula is C13H16N2O2. The molecule has 1 rings (SSSR count). The maximum Gasteiger partial charge on any atom is 0.218 e. The second kappa shape index (κ2) is 5.35. The summed E-state index contributed by atoms with van der Waals surface area (Å²) in [7, 11) is 1.60. The van der Waals surface area contributed by atoms with Gasteiger partial charge in [-0.05, 0) is 24.6 Å². The van der Waals surface area contributed by atoms with Crippen molar-refractivity contribution in [1.82, 2.24) is 5.32 Å². The molecule has 1 unspecified atom stereocenters. The quantitative estimate of drug-likeness (QED) is 0.858. The SMILES string of the molecule is COc1ccc(CC(C)(C#N)NC(C)=O)cc1. The Bertz CT molecular complexity index is 434. The van der Waals surface area contributed by atoms with Crippen molar-refractivity contribution in [2.24, 2.45) is 0 Å². The van der Waals surface area contributed by atoms with Crippen molar-refractivity contribution >= 4 is 5.91 Å². The van der Waals surface area contributed by atoms with Crippen LogP contribution >= 0.6 is 0 Å². The normalized spacial score (nSPS) is 13.3. The third-order valence-electron chi connectivity index (χ3n) is 2.42. The van der Waals surface area contributed by atoms with E-state index in [9.17, 15) is 4.79 Å². The highest BCUT2D eigenvalue weighted by Gasteiger charge is 2.24.